The molecule has 94 valence electrons. The Morgan fingerprint density at radius 2 is 1.94 bits per heavy atom. The molecule has 0 spiro atoms. The zero-order valence-corrected chi connectivity index (χ0v) is 10.2. The first kappa shape index (κ1) is 14.9. The lowest BCUT2D eigenvalue weighted by Gasteiger charge is -2.20. The van der Waals surface area contributed by atoms with E-state index in [2.05, 4.69) is 10.6 Å². The number of nitrogens with one attached hydrogen (secondary N) is 2. The van der Waals surface area contributed by atoms with Gasteiger partial charge in [-0.3, -0.25) is 9.59 Å². The van der Waals surface area contributed by atoms with Crippen LogP contribution in [0.25, 0.3) is 0 Å². The average Bonchev–Trinajstić information content (AvgIpc) is 2.16. The van der Waals surface area contributed by atoms with Gasteiger partial charge in [-0.15, -0.1) is 0 Å². The number of aliphatic carboxylic acids is 1. The van der Waals surface area contributed by atoms with Crippen LogP contribution in [0.15, 0.2) is 0 Å². The van der Waals surface area contributed by atoms with E-state index in [1.165, 1.54) is 0 Å². The van der Waals surface area contributed by atoms with Gasteiger partial charge in [0.25, 0.3) is 0 Å². The minimum Gasteiger partial charge on any atom is -0.481 e. The summed E-state index contributed by atoms with van der Waals surface area (Å²) in [6, 6.07) is -0.298. The highest BCUT2D eigenvalue weighted by Gasteiger charge is 2.18. The van der Waals surface area contributed by atoms with E-state index in [4.69, 9.17) is 5.11 Å². The third-order valence-electron chi connectivity index (χ3n) is 2.26. The smallest absolute Gasteiger partial charge is 0.305 e. The molecular weight excluding hydrogens is 208 g/mol. The van der Waals surface area contributed by atoms with Crippen molar-refractivity contribution in [3.63, 3.8) is 0 Å². The Hall–Kier alpha value is -1.10. The van der Waals surface area contributed by atoms with Crippen molar-refractivity contribution in [3.8, 4) is 0 Å². The average molecular weight is 230 g/mol. The summed E-state index contributed by atoms with van der Waals surface area (Å²) in [6.07, 6.45) is 0.938. The molecule has 0 saturated heterocycles. The van der Waals surface area contributed by atoms with E-state index in [0.29, 0.717) is 0 Å². The molecule has 0 aliphatic carbocycles. The molecule has 1 unspecified atom stereocenters. The van der Waals surface area contributed by atoms with Crippen molar-refractivity contribution >= 4 is 11.9 Å². The molecule has 0 heterocycles. The maximum absolute atomic E-state index is 11.4. The van der Waals surface area contributed by atoms with Gasteiger partial charge in [0.15, 0.2) is 0 Å². The van der Waals surface area contributed by atoms with Gasteiger partial charge in [0.2, 0.25) is 5.91 Å². The molecule has 0 bridgehead atoms. The summed E-state index contributed by atoms with van der Waals surface area (Å²) >= 11 is 0. The van der Waals surface area contributed by atoms with Gasteiger partial charge >= 0.3 is 5.97 Å². The Morgan fingerprint density at radius 3 is 2.38 bits per heavy atom. The van der Waals surface area contributed by atoms with Crippen molar-refractivity contribution in [1.29, 1.82) is 0 Å². The number of hydrogen-bond donors (Lipinski definition) is 3. The highest BCUT2D eigenvalue weighted by molar-refractivity contribution is 5.79. The molecule has 5 heteroatoms. The molecule has 0 aliphatic heterocycles. The second-order valence-corrected chi connectivity index (χ2v) is 4.19. The van der Waals surface area contributed by atoms with Crippen LogP contribution in [0.1, 0.15) is 33.6 Å². The largest absolute Gasteiger partial charge is 0.481 e. The number of hydrogen-bond acceptors (Lipinski definition) is 3. The first-order chi connectivity index (χ1) is 7.47. The number of carboxylic acid groups (broad SMARTS) is 1. The molecule has 0 fully saturated rings. The predicted octanol–water partition coefficient (Wildman–Crippen LogP) is 0.601. The summed E-state index contributed by atoms with van der Waals surface area (Å²) in [5, 5.41) is 14.4. The van der Waals surface area contributed by atoms with E-state index in [1.54, 1.807) is 0 Å². The lowest BCUT2D eigenvalue weighted by Crippen LogP contribution is -2.44. The fraction of sp³-hybridized carbons (Fsp3) is 0.818. The normalized spacial score (nSPS) is 12.5. The number of carboxylic acids is 1. The minimum atomic E-state index is -0.888. The Balaban J connectivity index is 3.98. The summed E-state index contributed by atoms with van der Waals surface area (Å²) in [5.74, 6) is -0.917. The van der Waals surface area contributed by atoms with Gasteiger partial charge in [-0.2, -0.15) is 0 Å². The Morgan fingerprint density at radius 1 is 1.31 bits per heavy atom. The van der Waals surface area contributed by atoms with E-state index >= 15 is 0 Å². The molecule has 0 aromatic carbocycles. The molecule has 0 saturated carbocycles. The molecule has 1 amide bonds. The summed E-state index contributed by atoms with van der Waals surface area (Å²) in [4.78, 5) is 22.0. The van der Waals surface area contributed by atoms with Crippen molar-refractivity contribution < 1.29 is 14.7 Å². The number of amides is 1. The summed E-state index contributed by atoms with van der Waals surface area (Å²) < 4.78 is 0. The van der Waals surface area contributed by atoms with Crippen LogP contribution in [0.3, 0.4) is 0 Å². The molecule has 0 aromatic heterocycles. The lowest BCUT2D eigenvalue weighted by molar-refractivity contribution is -0.138. The molecule has 16 heavy (non-hydrogen) atoms. The maximum Gasteiger partial charge on any atom is 0.305 e. The molecular formula is C11H22N2O3. The first-order valence-electron chi connectivity index (χ1n) is 5.69. The number of rotatable bonds is 8. The Bertz CT molecular complexity index is 229. The van der Waals surface area contributed by atoms with Gasteiger partial charge in [0.1, 0.15) is 0 Å². The van der Waals surface area contributed by atoms with Crippen LogP contribution in [0.2, 0.25) is 0 Å². The zero-order valence-electron chi connectivity index (χ0n) is 10.2. The van der Waals surface area contributed by atoms with Crippen LogP contribution in [0, 0.1) is 5.92 Å². The fourth-order valence-corrected chi connectivity index (χ4v) is 1.28. The van der Waals surface area contributed by atoms with Crippen LogP contribution >= 0.6 is 0 Å². The molecule has 0 aliphatic rings. The zero-order chi connectivity index (χ0) is 12.6. The SMILES string of the molecule is CCCNCC(=O)NC(CC(=O)O)C(C)C. The van der Waals surface area contributed by atoms with Gasteiger partial charge in [-0.1, -0.05) is 20.8 Å². The van der Waals surface area contributed by atoms with Crippen molar-refractivity contribution in [2.45, 2.75) is 39.7 Å². The lowest BCUT2D eigenvalue weighted by atomic mass is 10.0. The minimum absolute atomic E-state index is 0.0306. The molecule has 0 radical (unpaired) electrons. The van der Waals surface area contributed by atoms with E-state index in [9.17, 15) is 9.59 Å². The van der Waals surface area contributed by atoms with Gasteiger partial charge < -0.3 is 15.7 Å². The van der Waals surface area contributed by atoms with E-state index in [-0.39, 0.29) is 30.8 Å². The van der Waals surface area contributed by atoms with Crippen molar-refractivity contribution in [2.75, 3.05) is 13.1 Å². The van der Waals surface area contributed by atoms with Crippen LogP contribution < -0.4 is 10.6 Å². The van der Waals surface area contributed by atoms with Gasteiger partial charge in [0.05, 0.1) is 13.0 Å². The Labute approximate surface area is 96.6 Å². The summed E-state index contributed by atoms with van der Waals surface area (Å²) in [6.45, 7) is 6.85. The molecule has 0 rings (SSSR count). The second-order valence-electron chi connectivity index (χ2n) is 4.19. The molecule has 5 nitrogen and oxygen atoms in total. The predicted molar refractivity (Wildman–Crippen MR) is 62.2 cm³/mol. The van der Waals surface area contributed by atoms with Crippen LogP contribution in [-0.4, -0.2) is 36.1 Å². The molecule has 1 atom stereocenters. The number of carbonyl (C=O) groups excluding carboxylic acids is 1. The quantitative estimate of drug-likeness (QED) is 0.534. The van der Waals surface area contributed by atoms with E-state index in [0.717, 1.165) is 13.0 Å². The van der Waals surface area contributed by atoms with Crippen molar-refractivity contribution in [2.24, 2.45) is 5.92 Å². The van der Waals surface area contributed by atoms with Crippen LogP contribution in [-0.2, 0) is 9.59 Å². The van der Waals surface area contributed by atoms with E-state index < -0.39 is 5.97 Å². The summed E-state index contributed by atoms with van der Waals surface area (Å²) in [5.41, 5.74) is 0. The third-order valence-corrected chi connectivity index (χ3v) is 2.26. The highest BCUT2D eigenvalue weighted by atomic mass is 16.4. The van der Waals surface area contributed by atoms with Crippen LogP contribution in [0.5, 0.6) is 0 Å². The van der Waals surface area contributed by atoms with Crippen molar-refractivity contribution in [1.82, 2.24) is 10.6 Å². The standard InChI is InChI=1S/C11H22N2O3/c1-4-5-12-7-10(14)13-9(8(2)3)6-11(15)16/h8-9,12H,4-7H2,1-3H3,(H,13,14)(H,15,16). The molecule has 0 aromatic rings. The van der Waals surface area contributed by atoms with Gasteiger partial charge in [-0.05, 0) is 18.9 Å². The van der Waals surface area contributed by atoms with E-state index in [1.807, 2.05) is 20.8 Å². The van der Waals surface area contributed by atoms with Crippen molar-refractivity contribution in [3.05, 3.63) is 0 Å². The highest BCUT2D eigenvalue weighted by Crippen LogP contribution is 2.05. The van der Waals surface area contributed by atoms with Gasteiger partial charge in [-0.25, -0.2) is 0 Å². The van der Waals surface area contributed by atoms with Gasteiger partial charge in [0, 0.05) is 6.04 Å². The Kier molecular flexibility index (Phi) is 7.54. The van der Waals surface area contributed by atoms with Crippen LogP contribution in [0.4, 0.5) is 0 Å². The number of carbonyl (C=O) groups is 2. The topological polar surface area (TPSA) is 78.4 Å². The maximum atomic E-state index is 11.4. The summed E-state index contributed by atoms with van der Waals surface area (Å²) in [7, 11) is 0. The monoisotopic (exact) mass is 230 g/mol. The molecule has 3 N–H and O–H groups in total. The fourth-order valence-electron chi connectivity index (χ4n) is 1.28. The first-order valence-corrected chi connectivity index (χ1v) is 5.69. The second kappa shape index (κ2) is 8.10. The third kappa shape index (κ3) is 7.23.